The minimum atomic E-state index is -0.990. The average Bonchev–Trinajstić information content (AvgIpc) is 3.11. The second-order valence-corrected chi connectivity index (χ2v) is 11.0. The van der Waals surface area contributed by atoms with Crippen molar-refractivity contribution in [2.24, 2.45) is 5.92 Å². The van der Waals surface area contributed by atoms with Crippen LogP contribution in [0.15, 0.2) is 42.5 Å². The summed E-state index contributed by atoms with van der Waals surface area (Å²) in [7, 11) is 0. The number of halogens is 2. The molecule has 198 valence electrons. The van der Waals surface area contributed by atoms with Crippen LogP contribution in [0.3, 0.4) is 0 Å². The Kier molecular flexibility index (Phi) is 8.46. The molecule has 0 saturated carbocycles. The zero-order chi connectivity index (χ0) is 26.7. The third kappa shape index (κ3) is 5.79. The maximum absolute atomic E-state index is 13.8. The topological polar surface area (TPSA) is 81.8 Å². The lowest BCUT2D eigenvalue weighted by atomic mass is 9.82. The monoisotopic (exact) mass is 544 g/mol. The van der Waals surface area contributed by atoms with Crippen molar-refractivity contribution >= 4 is 46.6 Å². The van der Waals surface area contributed by atoms with Crippen molar-refractivity contribution in [3.8, 4) is 0 Å². The van der Waals surface area contributed by atoms with E-state index in [4.69, 9.17) is 23.2 Å². The van der Waals surface area contributed by atoms with E-state index in [-0.39, 0.29) is 29.7 Å². The van der Waals surface area contributed by atoms with E-state index in [0.29, 0.717) is 61.2 Å². The van der Waals surface area contributed by atoms with Crippen LogP contribution in [0.5, 0.6) is 0 Å². The fourth-order valence-electron chi connectivity index (χ4n) is 5.62. The molecular weight excluding hydrogens is 511 g/mol. The Labute approximate surface area is 228 Å². The number of carbonyl (C=O) groups excluding carboxylic acids is 3. The summed E-state index contributed by atoms with van der Waals surface area (Å²) in [5.74, 6) is -0.186. The van der Waals surface area contributed by atoms with Gasteiger partial charge in [0.15, 0.2) is 0 Å². The normalized spacial score (nSPS) is 19.8. The first-order chi connectivity index (χ1) is 17.6. The standard InChI is InChI=1S/C28H34Cl2N4O3/c1-18(2)34(14-11-31-26(36)21-9-12-33(13-10-21)19(3)35)28(17-20-5-4-6-22(29)15-20)24-8-7-23(30)16-25(24)32-27(28)37/h4-8,15-16,18,21H,9-14,17H2,1-3H3,(H,31,36)(H,32,37). The Bertz CT molecular complexity index is 1180. The van der Waals surface area contributed by atoms with E-state index >= 15 is 0 Å². The first-order valence-corrected chi connectivity index (χ1v) is 13.5. The highest BCUT2D eigenvalue weighted by Crippen LogP contribution is 2.45. The van der Waals surface area contributed by atoms with Crippen molar-refractivity contribution in [3.63, 3.8) is 0 Å². The number of likely N-dealkylation sites (tertiary alicyclic amines) is 1. The highest BCUT2D eigenvalue weighted by atomic mass is 35.5. The quantitative estimate of drug-likeness (QED) is 0.513. The van der Waals surface area contributed by atoms with Crippen LogP contribution < -0.4 is 10.6 Å². The zero-order valence-electron chi connectivity index (χ0n) is 21.5. The fourth-order valence-corrected chi connectivity index (χ4v) is 6.01. The van der Waals surface area contributed by atoms with E-state index in [1.807, 2.05) is 30.3 Å². The lowest BCUT2D eigenvalue weighted by Gasteiger charge is -2.43. The number of benzene rings is 2. The number of anilines is 1. The third-order valence-electron chi connectivity index (χ3n) is 7.48. The summed E-state index contributed by atoms with van der Waals surface area (Å²) >= 11 is 12.5. The number of hydrogen-bond acceptors (Lipinski definition) is 4. The molecule has 2 heterocycles. The largest absolute Gasteiger partial charge is 0.355 e. The van der Waals surface area contributed by atoms with Crippen LogP contribution in [-0.2, 0) is 26.3 Å². The number of rotatable bonds is 8. The van der Waals surface area contributed by atoms with Gasteiger partial charge in [0, 0.05) is 72.8 Å². The molecule has 7 nitrogen and oxygen atoms in total. The maximum Gasteiger partial charge on any atom is 0.249 e. The Balaban J connectivity index is 1.56. The number of nitrogens with one attached hydrogen (secondary N) is 2. The van der Waals surface area contributed by atoms with Crippen LogP contribution in [0, 0.1) is 5.92 Å². The molecule has 1 saturated heterocycles. The first-order valence-electron chi connectivity index (χ1n) is 12.8. The van der Waals surface area contributed by atoms with Crippen molar-refractivity contribution < 1.29 is 14.4 Å². The molecule has 2 aromatic carbocycles. The van der Waals surface area contributed by atoms with Gasteiger partial charge >= 0.3 is 0 Å². The summed E-state index contributed by atoms with van der Waals surface area (Å²) in [6, 6.07) is 13.1. The minimum absolute atomic E-state index is 0.00106. The van der Waals surface area contributed by atoms with Crippen molar-refractivity contribution in [2.45, 2.75) is 51.6 Å². The van der Waals surface area contributed by atoms with E-state index in [0.717, 1.165) is 11.1 Å². The lowest BCUT2D eigenvalue weighted by molar-refractivity contribution is -0.134. The van der Waals surface area contributed by atoms with Crippen molar-refractivity contribution in [1.82, 2.24) is 15.1 Å². The zero-order valence-corrected chi connectivity index (χ0v) is 23.0. The van der Waals surface area contributed by atoms with E-state index in [2.05, 4.69) is 29.4 Å². The van der Waals surface area contributed by atoms with E-state index in [1.54, 1.807) is 24.0 Å². The number of hydrogen-bond donors (Lipinski definition) is 2. The molecule has 0 aliphatic carbocycles. The molecule has 2 aliphatic heterocycles. The van der Waals surface area contributed by atoms with Gasteiger partial charge in [-0.15, -0.1) is 0 Å². The maximum atomic E-state index is 13.8. The number of fused-ring (bicyclic) bond motifs is 1. The predicted octanol–water partition coefficient (Wildman–Crippen LogP) is 4.47. The highest BCUT2D eigenvalue weighted by Gasteiger charge is 2.52. The predicted molar refractivity (Wildman–Crippen MR) is 147 cm³/mol. The van der Waals surface area contributed by atoms with Gasteiger partial charge in [0.05, 0.1) is 0 Å². The molecule has 1 unspecified atom stereocenters. The van der Waals surface area contributed by atoms with Crippen LogP contribution in [-0.4, -0.2) is 59.7 Å². The molecular formula is C28H34Cl2N4O3. The van der Waals surface area contributed by atoms with E-state index in [9.17, 15) is 14.4 Å². The molecule has 0 bridgehead atoms. The molecule has 0 aromatic heterocycles. The Morgan fingerprint density at radius 2 is 1.84 bits per heavy atom. The molecule has 4 rings (SSSR count). The Morgan fingerprint density at radius 1 is 1.14 bits per heavy atom. The number of amides is 3. The molecule has 0 spiro atoms. The number of nitrogens with zero attached hydrogens (tertiary/aromatic N) is 2. The molecule has 0 radical (unpaired) electrons. The van der Waals surface area contributed by atoms with Gasteiger partial charge < -0.3 is 15.5 Å². The first kappa shape index (κ1) is 27.4. The van der Waals surface area contributed by atoms with Crippen molar-refractivity contribution in [1.29, 1.82) is 0 Å². The fraction of sp³-hybridized carbons (Fsp3) is 0.464. The van der Waals surface area contributed by atoms with Crippen LogP contribution in [0.4, 0.5) is 5.69 Å². The SMILES string of the molecule is CC(=O)N1CCC(C(=O)NCCN(C(C)C)C2(Cc3cccc(Cl)c3)C(=O)Nc3cc(Cl)ccc32)CC1. The summed E-state index contributed by atoms with van der Waals surface area (Å²) in [4.78, 5) is 42.2. The van der Waals surface area contributed by atoms with Crippen LogP contribution in [0.1, 0.15) is 44.7 Å². The average molecular weight is 546 g/mol. The van der Waals surface area contributed by atoms with Gasteiger partial charge in [-0.1, -0.05) is 41.4 Å². The van der Waals surface area contributed by atoms with Crippen LogP contribution in [0.25, 0.3) is 0 Å². The summed E-state index contributed by atoms with van der Waals surface area (Å²) < 4.78 is 0. The molecule has 2 aliphatic rings. The van der Waals surface area contributed by atoms with Gasteiger partial charge in [0.2, 0.25) is 17.7 Å². The number of piperidine rings is 1. The van der Waals surface area contributed by atoms with Gasteiger partial charge in [-0.25, -0.2) is 0 Å². The van der Waals surface area contributed by atoms with Crippen LogP contribution >= 0.6 is 23.2 Å². The van der Waals surface area contributed by atoms with Crippen molar-refractivity contribution in [2.75, 3.05) is 31.5 Å². The Morgan fingerprint density at radius 3 is 2.49 bits per heavy atom. The van der Waals surface area contributed by atoms with E-state index in [1.165, 1.54) is 0 Å². The van der Waals surface area contributed by atoms with Gasteiger partial charge in [0.25, 0.3) is 0 Å². The molecule has 3 amide bonds. The second kappa shape index (κ2) is 11.4. The molecule has 1 fully saturated rings. The van der Waals surface area contributed by atoms with Gasteiger partial charge in [-0.3, -0.25) is 19.3 Å². The third-order valence-corrected chi connectivity index (χ3v) is 7.95. The van der Waals surface area contributed by atoms with Gasteiger partial charge in [-0.2, -0.15) is 0 Å². The lowest BCUT2D eigenvalue weighted by Crippen LogP contribution is -2.57. The van der Waals surface area contributed by atoms with Crippen LogP contribution in [0.2, 0.25) is 10.0 Å². The second-order valence-electron chi connectivity index (χ2n) is 10.2. The van der Waals surface area contributed by atoms with Gasteiger partial charge in [-0.05, 0) is 56.5 Å². The molecule has 9 heteroatoms. The smallest absolute Gasteiger partial charge is 0.249 e. The molecule has 2 N–H and O–H groups in total. The summed E-state index contributed by atoms with van der Waals surface area (Å²) in [5, 5.41) is 7.30. The Hall–Kier alpha value is -2.61. The summed E-state index contributed by atoms with van der Waals surface area (Å²) in [6.45, 7) is 7.76. The molecule has 1 atom stereocenters. The summed E-state index contributed by atoms with van der Waals surface area (Å²) in [6.07, 6.45) is 1.74. The van der Waals surface area contributed by atoms with Gasteiger partial charge in [0.1, 0.15) is 5.54 Å². The molecule has 2 aromatic rings. The number of carbonyl (C=O) groups is 3. The highest BCUT2D eigenvalue weighted by molar-refractivity contribution is 6.31. The van der Waals surface area contributed by atoms with E-state index < -0.39 is 5.54 Å². The summed E-state index contributed by atoms with van der Waals surface area (Å²) in [5.41, 5.74) is 1.51. The molecule has 37 heavy (non-hydrogen) atoms. The van der Waals surface area contributed by atoms with Crippen molar-refractivity contribution in [3.05, 3.63) is 63.6 Å². The minimum Gasteiger partial charge on any atom is -0.355 e.